The van der Waals surface area contributed by atoms with E-state index in [2.05, 4.69) is 14.9 Å². The van der Waals surface area contributed by atoms with Crippen LogP contribution in [0.15, 0.2) is 0 Å². The maximum atomic E-state index is 11.9. The lowest BCUT2D eigenvalue weighted by molar-refractivity contribution is -0.129. The van der Waals surface area contributed by atoms with Gasteiger partial charge in [-0.25, -0.2) is 9.97 Å². The number of alkyl halides is 1. The van der Waals surface area contributed by atoms with E-state index in [1.165, 1.54) is 19.3 Å². The second-order valence-electron chi connectivity index (χ2n) is 5.77. The van der Waals surface area contributed by atoms with Crippen molar-refractivity contribution < 1.29 is 4.79 Å². The fourth-order valence-electron chi connectivity index (χ4n) is 3.18. The molecule has 5 nitrogen and oxygen atoms in total. The van der Waals surface area contributed by atoms with E-state index in [-0.39, 0.29) is 11.8 Å². The highest BCUT2D eigenvalue weighted by Crippen LogP contribution is 2.28. The molecule has 0 spiro atoms. The first-order chi connectivity index (χ1) is 10.2. The lowest BCUT2D eigenvalue weighted by Gasteiger charge is -2.34. The first-order valence-electron chi connectivity index (χ1n) is 7.64. The maximum absolute atomic E-state index is 11.9. The molecule has 0 aliphatic carbocycles. The highest BCUT2D eigenvalue weighted by atomic mass is 35.5. The summed E-state index contributed by atoms with van der Waals surface area (Å²) in [6, 6.07) is 0. The molecular weight excluding hydrogens is 288 g/mol. The summed E-state index contributed by atoms with van der Waals surface area (Å²) in [4.78, 5) is 25.3. The molecule has 0 atom stereocenters. The molecule has 0 aromatic carbocycles. The van der Waals surface area contributed by atoms with Crippen LogP contribution in [0.4, 0.5) is 5.82 Å². The Labute approximate surface area is 130 Å². The van der Waals surface area contributed by atoms with Crippen molar-refractivity contribution in [3.63, 3.8) is 0 Å². The Morgan fingerprint density at radius 2 is 1.95 bits per heavy atom. The summed E-state index contributed by atoms with van der Waals surface area (Å²) >= 11 is 5.69. The molecule has 1 amide bonds. The monoisotopic (exact) mass is 308 g/mol. The smallest absolute Gasteiger partial charge is 0.237 e. The molecule has 3 heterocycles. The van der Waals surface area contributed by atoms with Gasteiger partial charge in [-0.15, -0.1) is 11.6 Å². The molecule has 0 radical (unpaired) electrons. The average Bonchev–Trinajstić information content (AvgIpc) is 2.53. The van der Waals surface area contributed by atoms with Crippen LogP contribution in [0.3, 0.4) is 0 Å². The molecule has 21 heavy (non-hydrogen) atoms. The third kappa shape index (κ3) is 2.98. The van der Waals surface area contributed by atoms with Gasteiger partial charge in [-0.3, -0.25) is 4.79 Å². The standard InChI is InChI=1S/C15H21ClN4O/c1-11-17-13-5-8-20(14(21)9-16)10-12(13)15(18-11)19-6-3-2-4-7-19/h2-10H2,1H3. The van der Waals surface area contributed by atoms with Gasteiger partial charge in [0, 0.05) is 31.6 Å². The SMILES string of the molecule is Cc1nc2c(c(N3CCCCC3)n1)CN(C(=O)CCl)CC2. The second kappa shape index (κ2) is 6.18. The molecule has 1 saturated heterocycles. The summed E-state index contributed by atoms with van der Waals surface area (Å²) < 4.78 is 0. The number of rotatable bonds is 2. The minimum Gasteiger partial charge on any atom is -0.356 e. The Hall–Kier alpha value is -1.36. The quantitative estimate of drug-likeness (QED) is 0.783. The number of amides is 1. The van der Waals surface area contributed by atoms with Crippen LogP contribution >= 0.6 is 11.6 Å². The molecule has 1 aromatic rings. The minimum atomic E-state index is -0.00696. The molecule has 0 bridgehead atoms. The van der Waals surface area contributed by atoms with Gasteiger partial charge in [0.05, 0.1) is 12.2 Å². The first-order valence-corrected chi connectivity index (χ1v) is 8.17. The lowest BCUT2D eigenvalue weighted by Crippen LogP contribution is -2.39. The molecule has 0 N–H and O–H groups in total. The molecule has 3 rings (SSSR count). The van der Waals surface area contributed by atoms with Crippen LogP contribution in [0, 0.1) is 6.92 Å². The Kier molecular flexibility index (Phi) is 4.29. The zero-order chi connectivity index (χ0) is 14.8. The van der Waals surface area contributed by atoms with E-state index in [9.17, 15) is 4.79 Å². The van der Waals surface area contributed by atoms with Crippen LogP contribution in [0.5, 0.6) is 0 Å². The van der Waals surface area contributed by atoms with Crippen LogP contribution in [-0.2, 0) is 17.8 Å². The van der Waals surface area contributed by atoms with Crippen molar-refractivity contribution in [2.45, 2.75) is 39.2 Å². The third-order valence-corrected chi connectivity index (χ3v) is 4.50. The summed E-state index contributed by atoms with van der Waals surface area (Å²) in [5.41, 5.74) is 2.22. The van der Waals surface area contributed by atoms with Gasteiger partial charge in [-0.1, -0.05) is 0 Å². The van der Waals surface area contributed by atoms with Crippen molar-refractivity contribution in [3.8, 4) is 0 Å². The van der Waals surface area contributed by atoms with E-state index in [1.807, 2.05) is 11.8 Å². The topological polar surface area (TPSA) is 49.3 Å². The molecule has 0 saturated carbocycles. The summed E-state index contributed by atoms with van der Waals surface area (Å²) in [7, 11) is 0. The third-order valence-electron chi connectivity index (χ3n) is 4.27. The van der Waals surface area contributed by atoms with Crippen LogP contribution < -0.4 is 4.90 Å². The Bertz CT molecular complexity index is 543. The number of nitrogens with zero attached hydrogens (tertiary/aromatic N) is 4. The predicted octanol–water partition coefficient (Wildman–Crippen LogP) is 1.90. The van der Waals surface area contributed by atoms with Gasteiger partial charge in [0.2, 0.25) is 5.91 Å². The van der Waals surface area contributed by atoms with Crippen molar-refractivity contribution in [1.29, 1.82) is 0 Å². The van der Waals surface area contributed by atoms with E-state index < -0.39 is 0 Å². The Balaban J connectivity index is 1.93. The fourth-order valence-corrected chi connectivity index (χ4v) is 3.35. The first kappa shape index (κ1) is 14.6. The van der Waals surface area contributed by atoms with Gasteiger partial charge < -0.3 is 9.80 Å². The zero-order valence-electron chi connectivity index (χ0n) is 12.4. The number of hydrogen-bond acceptors (Lipinski definition) is 4. The predicted molar refractivity (Wildman–Crippen MR) is 82.7 cm³/mol. The van der Waals surface area contributed by atoms with Gasteiger partial charge in [-0.05, 0) is 26.2 Å². The molecule has 2 aliphatic rings. The van der Waals surface area contributed by atoms with E-state index in [0.717, 1.165) is 42.4 Å². The molecule has 114 valence electrons. The number of carbonyl (C=O) groups is 1. The summed E-state index contributed by atoms with van der Waals surface area (Å²) in [6.07, 6.45) is 4.51. The van der Waals surface area contributed by atoms with Crippen molar-refractivity contribution in [2.75, 3.05) is 30.4 Å². The van der Waals surface area contributed by atoms with Crippen LogP contribution in [-0.4, -0.2) is 46.3 Å². The molecule has 1 aromatic heterocycles. The maximum Gasteiger partial charge on any atom is 0.237 e. The number of anilines is 1. The number of piperidine rings is 1. The van der Waals surface area contributed by atoms with E-state index in [4.69, 9.17) is 11.6 Å². The number of aryl methyl sites for hydroxylation is 1. The Morgan fingerprint density at radius 3 is 2.67 bits per heavy atom. The van der Waals surface area contributed by atoms with Crippen LogP contribution in [0.1, 0.15) is 36.3 Å². The fraction of sp³-hybridized carbons (Fsp3) is 0.667. The molecular formula is C15H21ClN4O. The number of halogens is 1. The van der Waals surface area contributed by atoms with Crippen LogP contribution in [0.25, 0.3) is 0 Å². The highest BCUT2D eigenvalue weighted by molar-refractivity contribution is 6.27. The zero-order valence-corrected chi connectivity index (χ0v) is 13.2. The number of carbonyl (C=O) groups excluding carboxylic acids is 1. The summed E-state index contributed by atoms with van der Waals surface area (Å²) in [6.45, 7) is 5.34. The summed E-state index contributed by atoms with van der Waals surface area (Å²) in [5.74, 6) is 1.89. The van der Waals surface area contributed by atoms with Gasteiger partial charge in [0.15, 0.2) is 0 Å². The average molecular weight is 309 g/mol. The van der Waals surface area contributed by atoms with Gasteiger partial charge in [0.25, 0.3) is 0 Å². The van der Waals surface area contributed by atoms with E-state index in [1.54, 1.807) is 0 Å². The largest absolute Gasteiger partial charge is 0.356 e. The van der Waals surface area contributed by atoms with E-state index in [0.29, 0.717) is 13.1 Å². The normalized spacial score (nSPS) is 18.6. The molecule has 0 unspecified atom stereocenters. The van der Waals surface area contributed by atoms with Crippen molar-refractivity contribution >= 4 is 23.3 Å². The molecule has 1 fully saturated rings. The number of hydrogen-bond donors (Lipinski definition) is 0. The van der Waals surface area contributed by atoms with Gasteiger partial charge in [-0.2, -0.15) is 0 Å². The highest BCUT2D eigenvalue weighted by Gasteiger charge is 2.27. The van der Waals surface area contributed by atoms with Crippen molar-refractivity contribution in [2.24, 2.45) is 0 Å². The van der Waals surface area contributed by atoms with Crippen LogP contribution in [0.2, 0.25) is 0 Å². The van der Waals surface area contributed by atoms with Gasteiger partial charge >= 0.3 is 0 Å². The second-order valence-corrected chi connectivity index (χ2v) is 6.03. The van der Waals surface area contributed by atoms with Crippen molar-refractivity contribution in [1.82, 2.24) is 14.9 Å². The lowest BCUT2D eigenvalue weighted by atomic mass is 10.0. The summed E-state index contributed by atoms with van der Waals surface area (Å²) in [5, 5.41) is 0. The number of aromatic nitrogens is 2. The van der Waals surface area contributed by atoms with E-state index >= 15 is 0 Å². The Morgan fingerprint density at radius 1 is 1.19 bits per heavy atom. The minimum absolute atomic E-state index is 0.00696. The van der Waals surface area contributed by atoms with Gasteiger partial charge in [0.1, 0.15) is 17.5 Å². The molecule has 6 heteroatoms. The number of fused-ring (bicyclic) bond motifs is 1. The van der Waals surface area contributed by atoms with Crippen molar-refractivity contribution in [3.05, 3.63) is 17.1 Å². The molecule has 2 aliphatic heterocycles.